The molecule has 0 saturated carbocycles. The Balaban J connectivity index is 2.72. The number of rotatable bonds is 8. The standard InChI is InChI=1S/C19H28N4O3/c1-12(2)14-9-8-10-15(13(3)4)16(14)23(11-24-5)17-20-18(25-6)22-19(21-17)26-7/h8-10,12-13H,11H2,1-7H3. The Hall–Kier alpha value is -2.41. The normalized spacial score (nSPS) is 11.1. The molecule has 0 radical (unpaired) electrons. The molecule has 0 spiro atoms. The largest absolute Gasteiger partial charge is 0.467 e. The predicted molar refractivity (Wildman–Crippen MR) is 102 cm³/mol. The second-order valence-corrected chi connectivity index (χ2v) is 6.55. The molecule has 7 nitrogen and oxygen atoms in total. The molecule has 2 aromatic rings. The van der Waals surface area contributed by atoms with Crippen LogP contribution in [0.15, 0.2) is 18.2 Å². The van der Waals surface area contributed by atoms with Gasteiger partial charge in [-0.15, -0.1) is 4.98 Å². The summed E-state index contributed by atoms with van der Waals surface area (Å²) in [4.78, 5) is 14.9. The van der Waals surface area contributed by atoms with E-state index in [4.69, 9.17) is 14.2 Å². The molecular formula is C19H28N4O3. The van der Waals surface area contributed by atoms with E-state index >= 15 is 0 Å². The lowest BCUT2D eigenvalue weighted by atomic mass is 9.92. The lowest BCUT2D eigenvalue weighted by Crippen LogP contribution is -2.25. The van der Waals surface area contributed by atoms with E-state index in [0.717, 1.165) is 5.69 Å². The number of hydrogen-bond acceptors (Lipinski definition) is 7. The van der Waals surface area contributed by atoms with Gasteiger partial charge in [0.1, 0.15) is 6.73 Å². The molecule has 0 bridgehead atoms. The zero-order valence-electron chi connectivity index (χ0n) is 16.6. The molecule has 142 valence electrons. The maximum Gasteiger partial charge on any atom is 0.324 e. The Morgan fingerprint density at radius 1 is 0.846 bits per heavy atom. The van der Waals surface area contributed by atoms with Gasteiger partial charge in [-0.3, -0.25) is 4.90 Å². The van der Waals surface area contributed by atoms with E-state index in [0.29, 0.717) is 24.5 Å². The zero-order valence-corrected chi connectivity index (χ0v) is 16.6. The van der Waals surface area contributed by atoms with Gasteiger partial charge < -0.3 is 14.2 Å². The van der Waals surface area contributed by atoms with Crippen LogP contribution in [0.1, 0.15) is 50.7 Å². The number of para-hydroxylation sites is 1. The van der Waals surface area contributed by atoms with Crippen LogP contribution in [0.5, 0.6) is 12.0 Å². The van der Waals surface area contributed by atoms with Gasteiger partial charge in [0.25, 0.3) is 0 Å². The summed E-state index contributed by atoms with van der Waals surface area (Å²) in [5.74, 6) is 1.08. The molecule has 1 aromatic heterocycles. The molecule has 7 heteroatoms. The second kappa shape index (κ2) is 8.80. The van der Waals surface area contributed by atoms with E-state index in [1.807, 2.05) is 4.90 Å². The quantitative estimate of drug-likeness (QED) is 0.662. The van der Waals surface area contributed by atoms with Crippen LogP contribution in [-0.2, 0) is 4.74 Å². The first kappa shape index (κ1) is 19.9. The highest BCUT2D eigenvalue weighted by molar-refractivity contribution is 5.68. The minimum absolute atomic E-state index is 0.195. The highest BCUT2D eigenvalue weighted by Gasteiger charge is 2.24. The lowest BCUT2D eigenvalue weighted by molar-refractivity contribution is 0.204. The molecule has 0 aliphatic heterocycles. The number of benzene rings is 1. The Morgan fingerprint density at radius 3 is 1.73 bits per heavy atom. The Labute approximate surface area is 155 Å². The summed E-state index contributed by atoms with van der Waals surface area (Å²) < 4.78 is 15.9. The second-order valence-electron chi connectivity index (χ2n) is 6.55. The summed E-state index contributed by atoms with van der Waals surface area (Å²) in [5, 5.41) is 0. The average molecular weight is 360 g/mol. The van der Waals surface area contributed by atoms with Crippen LogP contribution >= 0.6 is 0 Å². The summed E-state index contributed by atoms with van der Waals surface area (Å²) in [6.07, 6.45) is 0. The van der Waals surface area contributed by atoms with Gasteiger partial charge in [0.05, 0.1) is 19.9 Å². The van der Waals surface area contributed by atoms with Gasteiger partial charge in [0, 0.05) is 7.11 Å². The molecule has 0 aliphatic rings. The minimum Gasteiger partial charge on any atom is -0.467 e. The molecule has 0 amide bonds. The molecular weight excluding hydrogens is 332 g/mol. The fourth-order valence-electron chi connectivity index (χ4n) is 2.81. The number of ether oxygens (including phenoxy) is 3. The highest BCUT2D eigenvalue weighted by Crippen LogP contribution is 2.38. The number of anilines is 2. The van der Waals surface area contributed by atoms with Crippen LogP contribution < -0.4 is 14.4 Å². The van der Waals surface area contributed by atoms with Crippen molar-refractivity contribution in [2.75, 3.05) is 33.0 Å². The molecule has 0 unspecified atom stereocenters. The maximum atomic E-state index is 5.47. The molecule has 0 aliphatic carbocycles. The van der Waals surface area contributed by atoms with Gasteiger partial charge in [-0.2, -0.15) is 9.97 Å². The molecule has 26 heavy (non-hydrogen) atoms. The number of aromatic nitrogens is 3. The Kier molecular flexibility index (Phi) is 6.74. The van der Waals surface area contributed by atoms with Gasteiger partial charge in [-0.1, -0.05) is 45.9 Å². The van der Waals surface area contributed by atoms with Gasteiger partial charge in [0.15, 0.2) is 0 Å². The van der Waals surface area contributed by atoms with Crippen molar-refractivity contribution >= 4 is 11.6 Å². The van der Waals surface area contributed by atoms with Gasteiger partial charge in [0.2, 0.25) is 5.95 Å². The maximum absolute atomic E-state index is 5.47. The van der Waals surface area contributed by atoms with E-state index in [9.17, 15) is 0 Å². The predicted octanol–water partition coefficient (Wildman–Crippen LogP) is 3.88. The summed E-state index contributed by atoms with van der Waals surface area (Å²) in [7, 11) is 4.68. The lowest BCUT2D eigenvalue weighted by Gasteiger charge is -2.29. The smallest absolute Gasteiger partial charge is 0.324 e. The first-order chi connectivity index (χ1) is 12.4. The molecule has 0 atom stereocenters. The average Bonchev–Trinajstić information content (AvgIpc) is 2.64. The highest BCUT2D eigenvalue weighted by atomic mass is 16.5. The SMILES string of the molecule is COCN(c1nc(OC)nc(OC)n1)c1c(C(C)C)cccc1C(C)C. The number of hydrogen-bond donors (Lipinski definition) is 0. The van der Waals surface area contributed by atoms with E-state index in [1.165, 1.54) is 25.3 Å². The zero-order chi connectivity index (χ0) is 19.3. The summed E-state index contributed by atoms with van der Waals surface area (Å²) >= 11 is 0. The van der Waals surface area contributed by atoms with Crippen LogP contribution in [0, 0.1) is 0 Å². The van der Waals surface area contributed by atoms with E-state index < -0.39 is 0 Å². The first-order valence-corrected chi connectivity index (χ1v) is 8.66. The van der Waals surface area contributed by atoms with Crippen LogP contribution in [0.25, 0.3) is 0 Å². The van der Waals surface area contributed by atoms with Crippen molar-refractivity contribution in [2.45, 2.75) is 39.5 Å². The Bertz CT molecular complexity index is 686. The minimum atomic E-state index is 0.195. The number of nitrogens with zero attached hydrogens (tertiary/aromatic N) is 4. The topological polar surface area (TPSA) is 69.6 Å². The van der Waals surface area contributed by atoms with Crippen molar-refractivity contribution in [3.8, 4) is 12.0 Å². The van der Waals surface area contributed by atoms with E-state index in [2.05, 4.69) is 60.8 Å². The van der Waals surface area contributed by atoms with Crippen molar-refractivity contribution < 1.29 is 14.2 Å². The van der Waals surface area contributed by atoms with E-state index in [-0.39, 0.29) is 12.0 Å². The molecule has 1 aromatic carbocycles. The van der Waals surface area contributed by atoms with Crippen molar-refractivity contribution in [3.63, 3.8) is 0 Å². The molecule has 0 saturated heterocycles. The molecule has 1 heterocycles. The fourth-order valence-corrected chi connectivity index (χ4v) is 2.81. The van der Waals surface area contributed by atoms with Crippen LogP contribution in [0.2, 0.25) is 0 Å². The van der Waals surface area contributed by atoms with Crippen molar-refractivity contribution in [1.29, 1.82) is 0 Å². The van der Waals surface area contributed by atoms with Crippen molar-refractivity contribution in [3.05, 3.63) is 29.3 Å². The summed E-state index contributed by atoms with van der Waals surface area (Å²) in [6.45, 7) is 8.97. The fraction of sp³-hybridized carbons (Fsp3) is 0.526. The van der Waals surface area contributed by atoms with Crippen molar-refractivity contribution in [2.24, 2.45) is 0 Å². The summed E-state index contributed by atoms with van der Waals surface area (Å²) in [5.41, 5.74) is 3.45. The monoisotopic (exact) mass is 360 g/mol. The Morgan fingerprint density at radius 2 is 1.35 bits per heavy atom. The third kappa shape index (κ3) is 4.22. The van der Waals surface area contributed by atoms with E-state index in [1.54, 1.807) is 7.11 Å². The van der Waals surface area contributed by atoms with Crippen LogP contribution in [0.4, 0.5) is 11.6 Å². The summed E-state index contributed by atoms with van der Waals surface area (Å²) in [6, 6.07) is 6.74. The number of methoxy groups -OCH3 is 3. The van der Waals surface area contributed by atoms with Crippen LogP contribution in [0.3, 0.4) is 0 Å². The molecule has 0 N–H and O–H groups in total. The molecule has 0 fully saturated rings. The third-order valence-electron chi connectivity index (χ3n) is 4.06. The molecule has 2 rings (SSSR count). The van der Waals surface area contributed by atoms with Gasteiger partial charge in [-0.25, -0.2) is 0 Å². The van der Waals surface area contributed by atoms with Crippen LogP contribution in [-0.4, -0.2) is 43.0 Å². The van der Waals surface area contributed by atoms with Crippen molar-refractivity contribution in [1.82, 2.24) is 15.0 Å². The van der Waals surface area contributed by atoms with Gasteiger partial charge >= 0.3 is 12.0 Å². The first-order valence-electron chi connectivity index (χ1n) is 8.66. The van der Waals surface area contributed by atoms with Gasteiger partial charge in [-0.05, 0) is 23.0 Å². The third-order valence-corrected chi connectivity index (χ3v) is 4.06.